The van der Waals surface area contributed by atoms with E-state index in [0.717, 1.165) is 24.0 Å². The van der Waals surface area contributed by atoms with E-state index in [1.807, 2.05) is 38.1 Å². The number of benzene rings is 1. The summed E-state index contributed by atoms with van der Waals surface area (Å²) in [7, 11) is 0. The zero-order valence-electron chi connectivity index (χ0n) is 10.9. The molecular formula is C15H20O3. The van der Waals surface area contributed by atoms with Crippen LogP contribution >= 0.6 is 0 Å². The predicted octanol–water partition coefficient (Wildman–Crippen LogP) is 2.46. The molecule has 0 atom stereocenters. The largest absolute Gasteiger partial charge is 0.481 e. The van der Waals surface area contributed by atoms with Crippen LogP contribution in [0, 0.1) is 0 Å². The molecular weight excluding hydrogens is 228 g/mol. The van der Waals surface area contributed by atoms with Crippen LogP contribution in [0.25, 0.3) is 0 Å². The number of carboxylic acid groups (broad SMARTS) is 1. The van der Waals surface area contributed by atoms with Crippen LogP contribution in [-0.2, 0) is 15.6 Å². The maximum Gasteiger partial charge on any atom is 0.304 e. The average molecular weight is 248 g/mol. The van der Waals surface area contributed by atoms with E-state index < -0.39 is 5.97 Å². The Bertz CT molecular complexity index is 441. The summed E-state index contributed by atoms with van der Waals surface area (Å²) in [6, 6.07) is 8.05. The third-order valence-electron chi connectivity index (χ3n) is 4.02. The lowest BCUT2D eigenvalue weighted by Crippen LogP contribution is -2.22. The SMILES string of the molecule is CC(C)(CO)c1ccc(C2(CC(=O)O)CC2)cc1. The van der Waals surface area contributed by atoms with Crippen LogP contribution in [-0.4, -0.2) is 22.8 Å². The van der Waals surface area contributed by atoms with Gasteiger partial charge in [0.15, 0.2) is 0 Å². The first-order chi connectivity index (χ1) is 8.39. The van der Waals surface area contributed by atoms with Crippen molar-refractivity contribution in [3.8, 4) is 0 Å². The monoisotopic (exact) mass is 248 g/mol. The molecule has 1 aromatic carbocycles. The molecule has 1 aliphatic rings. The van der Waals surface area contributed by atoms with Gasteiger partial charge in [-0.25, -0.2) is 0 Å². The molecule has 0 spiro atoms. The van der Waals surface area contributed by atoms with Crippen LogP contribution in [0.1, 0.15) is 44.2 Å². The van der Waals surface area contributed by atoms with Gasteiger partial charge in [-0.2, -0.15) is 0 Å². The summed E-state index contributed by atoms with van der Waals surface area (Å²) in [5.74, 6) is -0.729. The second-order valence-corrected chi connectivity index (χ2v) is 5.97. The van der Waals surface area contributed by atoms with Gasteiger partial charge in [0.2, 0.25) is 0 Å². The number of aliphatic hydroxyl groups excluding tert-OH is 1. The highest BCUT2D eigenvalue weighted by Crippen LogP contribution is 2.51. The van der Waals surface area contributed by atoms with E-state index in [4.69, 9.17) is 5.11 Å². The Kier molecular flexibility index (Phi) is 3.20. The van der Waals surface area contributed by atoms with Crippen molar-refractivity contribution in [1.82, 2.24) is 0 Å². The third kappa shape index (κ3) is 2.41. The molecule has 0 heterocycles. The first-order valence-corrected chi connectivity index (χ1v) is 6.33. The van der Waals surface area contributed by atoms with Gasteiger partial charge in [0, 0.05) is 10.8 Å². The molecule has 0 unspecified atom stereocenters. The van der Waals surface area contributed by atoms with Crippen LogP contribution in [0.15, 0.2) is 24.3 Å². The molecule has 2 rings (SSSR count). The first kappa shape index (κ1) is 13.1. The highest BCUT2D eigenvalue weighted by molar-refractivity contribution is 5.70. The molecule has 98 valence electrons. The lowest BCUT2D eigenvalue weighted by Gasteiger charge is -2.23. The van der Waals surface area contributed by atoms with Crippen molar-refractivity contribution in [1.29, 1.82) is 0 Å². The Morgan fingerprint density at radius 2 is 1.83 bits per heavy atom. The van der Waals surface area contributed by atoms with E-state index in [0.29, 0.717) is 0 Å². The summed E-state index contributed by atoms with van der Waals surface area (Å²) in [5, 5.41) is 18.3. The Morgan fingerprint density at radius 1 is 1.28 bits per heavy atom. The number of rotatable bonds is 5. The van der Waals surface area contributed by atoms with E-state index in [-0.39, 0.29) is 23.9 Å². The topological polar surface area (TPSA) is 57.5 Å². The van der Waals surface area contributed by atoms with E-state index >= 15 is 0 Å². The summed E-state index contributed by atoms with van der Waals surface area (Å²) in [6.07, 6.45) is 2.14. The molecule has 3 heteroatoms. The Balaban J connectivity index is 2.21. The minimum Gasteiger partial charge on any atom is -0.481 e. The van der Waals surface area contributed by atoms with Crippen LogP contribution in [0.4, 0.5) is 0 Å². The van der Waals surface area contributed by atoms with Gasteiger partial charge < -0.3 is 10.2 Å². The molecule has 0 bridgehead atoms. The van der Waals surface area contributed by atoms with Crippen LogP contribution in [0.3, 0.4) is 0 Å². The molecule has 0 aliphatic heterocycles. The molecule has 18 heavy (non-hydrogen) atoms. The third-order valence-corrected chi connectivity index (χ3v) is 4.02. The minimum absolute atomic E-state index is 0.104. The van der Waals surface area contributed by atoms with E-state index in [1.165, 1.54) is 0 Å². The van der Waals surface area contributed by atoms with Crippen LogP contribution in [0.2, 0.25) is 0 Å². The lowest BCUT2D eigenvalue weighted by atomic mass is 9.83. The molecule has 0 radical (unpaired) electrons. The highest BCUT2D eigenvalue weighted by Gasteiger charge is 2.45. The summed E-state index contributed by atoms with van der Waals surface area (Å²) in [5.41, 5.74) is 1.82. The van der Waals surface area contributed by atoms with Gasteiger partial charge in [0.05, 0.1) is 13.0 Å². The van der Waals surface area contributed by atoms with Crippen LogP contribution in [0.5, 0.6) is 0 Å². The number of carbonyl (C=O) groups is 1. The quantitative estimate of drug-likeness (QED) is 0.841. The number of aliphatic carboxylic acids is 1. The van der Waals surface area contributed by atoms with Gasteiger partial charge in [-0.15, -0.1) is 0 Å². The summed E-state index contributed by atoms with van der Waals surface area (Å²) >= 11 is 0. The molecule has 1 aromatic rings. The standard InChI is InChI=1S/C15H20O3/c1-14(2,10-16)11-3-5-12(6-4-11)15(7-8-15)9-13(17)18/h3-6,16H,7-10H2,1-2H3,(H,17,18). The highest BCUT2D eigenvalue weighted by atomic mass is 16.4. The fourth-order valence-corrected chi connectivity index (χ4v) is 2.37. The van der Waals surface area contributed by atoms with Crippen molar-refractivity contribution in [2.45, 2.75) is 43.9 Å². The molecule has 1 fully saturated rings. The van der Waals surface area contributed by atoms with Gasteiger partial charge in [0.25, 0.3) is 0 Å². The zero-order chi connectivity index (χ0) is 13.4. The second kappa shape index (κ2) is 4.39. The van der Waals surface area contributed by atoms with Crippen molar-refractivity contribution in [3.63, 3.8) is 0 Å². The Hall–Kier alpha value is -1.35. The maximum absolute atomic E-state index is 10.9. The number of aliphatic hydroxyl groups is 1. The van der Waals surface area contributed by atoms with E-state index in [1.54, 1.807) is 0 Å². The summed E-state index contributed by atoms with van der Waals surface area (Å²) < 4.78 is 0. The maximum atomic E-state index is 10.9. The van der Waals surface area contributed by atoms with Gasteiger partial charge in [0.1, 0.15) is 0 Å². The zero-order valence-corrected chi connectivity index (χ0v) is 10.9. The van der Waals surface area contributed by atoms with E-state index in [9.17, 15) is 9.90 Å². The van der Waals surface area contributed by atoms with Crippen molar-refractivity contribution in [3.05, 3.63) is 35.4 Å². The van der Waals surface area contributed by atoms with Gasteiger partial charge in [-0.3, -0.25) is 4.79 Å². The van der Waals surface area contributed by atoms with Crippen molar-refractivity contribution < 1.29 is 15.0 Å². The molecule has 3 nitrogen and oxygen atoms in total. The minimum atomic E-state index is -0.729. The second-order valence-electron chi connectivity index (χ2n) is 5.97. The number of carboxylic acids is 1. The van der Waals surface area contributed by atoms with Gasteiger partial charge >= 0.3 is 5.97 Å². The van der Waals surface area contributed by atoms with Gasteiger partial charge in [-0.1, -0.05) is 38.1 Å². The summed E-state index contributed by atoms with van der Waals surface area (Å²) in [4.78, 5) is 10.9. The molecule has 2 N–H and O–H groups in total. The first-order valence-electron chi connectivity index (χ1n) is 6.33. The predicted molar refractivity (Wildman–Crippen MR) is 69.7 cm³/mol. The lowest BCUT2D eigenvalue weighted by molar-refractivity contribution is -0.137. The van der Waals surface area contributed by atoms with Crippen molar-refractivity contribution >= 4 is 5.97 Å². The molecule has 0 amide bonds. The summed E-state index contributed by atoms with van der Waals surface area (Å²) in [6.45, 7) is 4.09. The number of hydrogen-bond donors (Lipinski definition) is 2. The Labute approximate surface area is 107 Å². The normalized spacial score (nSPS) is 17.5. The fourth-order valence-electron chi connectivity index (χ4n) is 2.37. The molecule has 0 aromatic heterocycles. The van der Waals surface area contributed by atoms with Crippen molar-refractivity contribution in [2.24, 2.45) is 0 Å². The molecule has 1 aliphatic carbocycles. The molecule has 1 saturated carbocycles. The van der Waals surface area contributed by atoms with Crippen LogP contribution < -0.4 is 0 Å². The fraction of sp³-hybridized carbons (Fsp3) is 0.533. The number of hydrogen-bond acceptors (Lipinski definition) is 2. The van der Waals surface area contributed by atoms with Gasteiger partial charge in [-0.05, 0) is 24.0 Å². The molecule has 0 saturated heterocycles. The van der Waals surface area contributed by atoms with Crippen molar-refractivity contribution in [2.75, 3.05) is 6.61 Å². The Morgan fingerprint density at radius 3 is 2.22 bits per heavy atom. The van der Waals surface area contributed by atoms with E-state index in [2.05, 4.69) is 0 Å². The average Bonchev–Trinajstić information content (AvgIpc) is 3.09. The smallest absolute Gasteiger partial charge is 0.304 e.